The zero-order valence-corrected chi connectivity index (χ0v) is 14.3. The number of ether oxygens (including phenoxy) is 1. The molecule has 3 heterocycles. The Labute approximate surface area is 150 Å². The van der Waals surface area contributed by atoms with E-state index in [1.54, 1.807) is 12.4 Å². The number of pyridine rings is 1. The molecule has 0 radical (unpaired) electrons. The Morgan fingerprint density at radius 1 is 1.23 bits per heavy atom. The van der Waals surface area contributed by atoms with E-state index in [1.165, 1.54) is 12.3 Å². The van der Waals surface area contributed by atoms with Gasteiger partial charge >= 0.3 is 6.18 Å². The molecule has 1 fully saturated rings. The molecule has 1 unspecified atom stereocenters. The first-order valence-electron chi connectivity index (χ1n) is 8.64. The molecule has 2 aromatic rings. The van der Waals surface area contributed by atoms with Crippen molar-refractivity contribution >= 4 is 5.95 Å². The third-order valence-electron chi connectivity index (χ3n) is 4.23. The fraction of sp³-hybridized carbons (Fsp3) is 0.500. The minimum absolute atomic E-state index is 0.0337. The third kappa shape index (κ3) is 5.66. The summed E-state index contributed by atoms with van der Waals surface area (Å²) in [5, 5.41) is 0. The van der Waals surface area contributed by atoms with Crippen LogP contribution >= 0.6 is 0 Å². The molecule has 1 aliphatic rings. The quantitative estimate of drug-likeness (QED) is 0.783. The molecule has 0 amide bonds. The Morgan fingerprint density at radius 2 is 2.12 bits per heavy atom. The first-order chi connectivity index (χ1) is 12.5. The lowest BCUT2D eigenvalue weighted by atomic mass is 10.1. The highest BCUT2D eigenvalue weighted by Crippen LogP contribution is 2.23. The number of aromatic nitrogens is 3. The summed E-state index contributed by atoms with van der Waals surface area (Å²) < 4.78 is 43.2. The van der Waals surface area contributed by atoms with Crippen LogP contribution in [-0.2, 0) is 17.8 Å². The van der Waals surface area contributed by atoms with Crippen LogP contribution in [-0.4, -0.2) is 40.3 Å². The van der Waals surface area contributed by atoms with Gasteiger partial charge in [-0.15, -0.1) is 0 Å². The molecule has 0 aromatic carbocycles. The van der Waals surface area contributed by atoms with Crippen LogP contribution in [0.4, 0.5) is 19.1 Å². The van der Waals surface area contributed by atoms with Crippen LogP contribution in [0.1, 0.15) is 30.5 Å². The van der Waals surface area contributed by atoms with Gasteiger partial charge in [-0.1, -0.05) is 6.07 Å². The summed E-state index contributed by atoms with van der Waals surface area (Å²) in [4.78, 5) is 14.6. The summed E-state index contributed by atoms with van der Waals surface area (Å²) in [6, 6.07) is 5.36. The zero-order chi connectivity index (χ0) is 18.4. The van der Waals surface area contributed by atoms with Crippen LogP contribution in [0.25, 0.3) is 0 Å². The SMILES string of the molecule is FC(F)(F)CCc1ccnc(N2CCCC(OCc3cccnc3)C2)n1. The summed E-state index contributed by atoms with van der Waals surface area (Å²) in [5.74, 6) is 0.472. The van der Waals surface area contributed by atoms with Crippen LogP contribution in [0.15, 0.2) is 36.8 Å². The standard InChI is InChI=1S/C18H21F3N4O/c19-18(20,21)7-5-15-6-9-23-17(24-15)25-10-2-4-16(12-25)26-13-14-3-1-8-22-11-14/h1,3,6,8-9,11,16H,2,4-5,7,10,12-13H2. The fourth-order valence-corrected chi connectivity index (χ4v) is 2.90. The number of halogens is 3. The zero-order valence-electron chi connectivity index (χ0n) is 14.3. The number of nitrogens with zero attached hydrogens (tertiary/aromatic N) is 4. The van der Waals surface area contributed by atoms with Gasteiger partial charge in [-0.2, -0.15) is 13.2 Å². The van der Waals surface area contributed by atoms with Crippen molar-refractivity contribution in [1.82, 2.24) is 15.0 Å². The van der Waals surface area contributed by atoms with Crippen molar-refractivity contribution in [2.45, 2.75) is 44.6 Å². The average Bonchev–Trinajstić information content (AvgIpc) is 2.66. The molecule has 3 rings (SSSR count). The van der Waals surface area contributed by atoms with Crippen LogP contribution < -0.4 is 4.90 Å². The van der Waals surface area contributed by atoms with Gasteiger partial charge in [0.05, 0.1) is 12.7 Å². The lowest BCUT2D eigenvalue weighted by molar-refractivity contribution is -0.134. The van der Waals surface area contributed by atoms with Gasteiger partial charge in [-0.3, -0.25) is 4.98 Å². The van der Waals surface area contributed by atoms with Gasteiger partial charge in [0.15, 0.2) is 0 Å². The predicted molar refractivity (Wildman–Crippen MR) is 90.7 cm³/mol. The van der Waals surface area contributed by atoms with E-state index in [1.807, 2.05) is 17.0 Å². The van der Waals surface area contributed by atoms with Gasteiger partial charge in [-0.25, -0.2) is 9.97 Å². The Morgan fingerprint density at radius 3 is 2.88 bits per heavy atom. The smallest absolute Gasteiger partial charge is 0.372 e. The minimum atomic E-state index is -4.18. The summed E-state index contributed by atoms with van der Waals surface area (Å²) >= 11 is 0. The van der Waals surface area contributed by atoms with Crippen molar-refractivity contribution in [1.29, 1.82) is 0 Å². The van der Waals surface area contributed by atoms with Crippen molar-refractivity contribution in [3.63, 3.8) is 0 Å². The maximum Gasteiger partial charge on any atom is 0.389 e. The lowest BCUT2D eigenvalue weighted by Gasteiger charge is -2.32. The molecule has 0 spiro atoms. The van der Waals surface area contributed by atoms with Crippen LogP contribution in [0.3, 0.4) is 0 Å². The van der Waals surface area contributed by atoms with E-state index in [2.05, 4.69) is 15.0 Å². The maximum absolute atomic E-state index is 12.4. The largest absolute Gasteiger partial charge is 0.389 e. The number of piperidine rings is 1. The fourth-order valence-electron chi connectivity index (χ4n) is 2.90. The lowest BCUT2D eigenvalue weighted by Crippen LogP contribution is -2.40. The van der Waals surface area contributed by atoms with Crippen molar-refractivity contribution in [3.8, 4) is 0 Å². The highest BCUT2D eigenvalue weighted by molar-refractivity contribution is 5.31. The number of alkyl halides is 3. The molecule has 140 valence electrons. The Kier molecular flexibility index (Phi) is 6.03. The number of hydrogen-bond acceptors (Lipinski definition) is 5. The second kappa shape index (κ2) is 8.44. The summed E-state index contributed by atoms with van der Waals surface area (Å²) in [7, 11) is 0. The first-order valence-corrected chi connectivity index (χ1v) is 8.64. The van der Waals surface area contributed by atoms with E-state index >= 15 is 0 Å². The van der Waals surface area contributed by atoms with Gasteiger partial charge in [0.1, 0.15) is 0 Å². The van der Waals surface area contributed by atoms with E-state index in [0.717, 1.165) is 24.9 Å². The maximum atomic E-state index is 12.4. The minimum Gasteiger partial charge on any atom is -0.372 e. The number of rotatable bonds is 6. The molecule has 1 saturated heterocycles. The Balaban J connectivity index is 1.57. The summed E-state index contributed by atoms with van der Waals surface area (Å²) in [5.41, 5.74) is 1.42. The number of aryl methyl sites for hydroxylation is 1. The van der Waals surface area contributed by atoms with Crippen LogP contribution in [0, 0.1) is 0 Å². The summed E-state index contributed by atoms with van der Waals surface area (Å²) in [6.45, 7) is 1.89. The van der Waals surface area contributed by atoms with Crippen molar-refractivity contribution in [2.75, 3.05) is 18.0 Å². The van der Waals surface area contributed by atoms with Gasteiger partial charge in [0.2, 0.25) is 5.95 Å². The van der Waals surface area contributed by atoms with Gasteiger partial charge in [0.25, 0.3) is 0 Å². The van der Waals surface area contributed by atoms with Gasteiger partial charge in [-0.05, 0) is 37.0 Å². The average molecular weight is 366 g/mol. The first kappa shape index (κ1) is 18.6. The molecule has 1 atom stereocenters. The second-order valence-electron chi connectivity index (χ2n) is 6.35. The molecule has 0 N–H and O–H groups in total. The molecular weight excluding hydrogens is 345 g/mol. The molecule has 0 aliphatic carbocycles. The number of hydrogen-bond donors (Lipinski definition) is 0. The molecule has 5 nitrogen and oxygen atoms in total. The van der Waals surface area contributed by atoms with E-state index < -0.39 is 12.6 Å². The third-order valence-corrected chi connectivity index (χ3v) is 4.23. The van der Waals surface area contributed by atoms with E-state index in [4.69, 9.17) is 4.74 Å². The molecule has 2 aromatic heterocycles. The van der Waals surface area contributed by atoms with Gasteiger partial charge in [0, 0.05) is 43.8 Å². The van der Waals surface area contributed by atoms with Crippen molar-refractivity contribution in [3.05, 3.63) is 48.0 Å². The van der Waals surface area contributed by atoms with Crippen molar-refractivity contribution < 1.29 is 17.9 Å². The predicted octanol–water partition coefficient (Wildman–Crippen LogP) is 3.55. The monoisotopic (exact) mass is 366 g/mol. The van der Waals surface area contributed by atoms with Gasteiger partial charge < -0.3 is 9.64 Å². The Bertz CT molecular complexity index is 696. The van der Waals surface area contributed by atoms with E-state index in [-0.39, 0.29) is 12.5 Å². The normalized spacial score (nSPS) is 18.1. The molecule has 26 heavy (non-hydrogen) atoms. The highest BCUT2D eigenvalue weighted by Gasteiger charge is 2.27. The number of anilines is 1. The van der Waals surface area contributed by atoms with E-state index in [9.17, 15) is 13.2 Å². The summed E-state index contributed by atoms with van der Waals surface area (Å²) in [6.07, 6.45) is 1.72. The molecular formula is C18H21F3N4O. The van der Waals surface area contributed by atoms with Crippen LogP contribution in [0.5, 0.6) is 0 Å². The Hall–Kier alpha value is -2.22. The van der Waals surface area contributed by atoms with E-state index in [0.29, 0.717) is 24.8 Å². The molecule has 0 saturated carbocycles. The molecule has 0 bridgehead atoms. The topological polar surface area (TPSA) is 51.1 Å². The highest BCUT2D eigenvalue weighted by atomic mass is 19.4. The molecule has 8 heteroatoms. The molecule has 1 aliphatic heterocycles. The van der Waals surface area contributed by atoms with Crippen LogP contribution in [0.2, 0.25) is 0 Å². The van der Waals surface area contributed by atoms with Crippen molar-refractivity contribution in [2.24, 2.45) is 0 Å². The second-order valence-corrected chi connectivity index (χ2v) is 6.35.